The summed E-state index contributed by atoms with van der Waals surface area (Å²) in [6, 6.07) is 7.07. The van der Waals surface area contributed by atoms with Gasteiger partial charge in [-0.25, -0.2) is 14.2 Å². The van der Waals surface area contributed by atoms with Crippen molar-refractivity contribution < 1.29 is 28.2 Å². The second-order valence-corrected chi connectivity index (χ2v) is 6.55. The summed E-state index contributed by atoms with van der Waals surface area (Å²) in [6.07, 6.45) is 1.66. The quantitative estimate of drug-likeness (QED) is 0.594. The molecule has 0 radical (unpaired) electrons. The fraction of sp³-hybridized carbons (Fsp3) is 0.333. The minimum absolute atomic E-state index is 0.0489. The molecular formula is C21H24FN3O5. The molecule has 2 aromatic rings. The number of aromatic nitrogens is 1. The van der Waals surface area contributed by atoms with Gasteiger partial charge in [-0.15, -0.1) is 0 Å². The molecule has 0 bridgehead atoms. The molecular weight excluding hydrogens is 393 g/mol. The number of benzene rings is 1. The number of carbonyl (C=O) groups excluding carboxylic acids is 3. The van der Waals surface area contributed by atoms with Gasteiger partial charge in [-0.2, -0.15) is 0 Å². The fourth-order valence-corrected chi connectivity index (χ4v) is 2.95. The van der Waals surface area contributed by atoms with Crippen LogP contribution in [0.5, 0.6) is 5.88 Å². The molecule has 9 heteroatoms. The van der Waals surface area contributed by atoms with Crippen LogP contribution in [-0.4, -0.2) is 49.1 Å². The van der Waals surface area contributed by atoms with E-state index in [2.05, 4.69) is 15.6 Å². The van der Waals surface area contributed by atoms with E-state index >= 15 is 0 Å². The highest BCUT2D eigenvalue weighted by Crippen LogP contribution is 2.16. The van der Waals surface area contributed by atoms with E-state index in [0.717, 1.165) is 0 Å². The van der Waals surface area contributed by atoms with Gasteiger partial charge in [0, 0.05) is 31.5 Å². The third kappa shape index (κ3) is 6.54. The van der Waals surface area contributed by atoms with E-state index in [4.69, 9.17) is 9.47 Å². The second-order valence-electron chi connectivity index (χ2n) is 6.55. The number of hydrogen-bond donors (Lipinski definition) is 2. The number of carbonyl (C=O) groups is 3. The SMILES string of the molecule is COC(=O)[C@@H](Cc1cccnc1OC)NC(=O)[C@@H](Cc1cccc(F)c1)NC(C)=O. The summed E-state index contributed by atoms with van der Waals surface area (Å²) < 4.78 is 23.5. The van der Waals surface area contributed by atoms with Crippen molar-refractivity contribution >= 4 is 17.8 Å². The molecule has 1 heterocycles. The zero-order valence-electron chi connectivity index (χ0n) is 17.0. The number of nitrogens with one attached hydrogen (secondary N) is 2. The minimum Gasteiger partial charge on any atom is -0.481 e. The summed E-state index contributed by atoms with van der Waals surface area (Å²) in [6.45, 7) is 1.27. The maximum atomic E-state index is 13.5. The van der Waals surface area contributed by atoms with Crippen molar-refractivity contribution in [2.75, 3.05) is 14.2 Å². The lowest BCUT2D eigenvalue weighted by atomic mass is 10.0. The van der Waals surface area contributed by atoms with Crippen LogP contribution in [0.25, 0.3) is 0 Å². The molecule has 0 aliphatic heterocycles. The number of ether oxygens (including phenoxy) is 2. The van der Waals surface area contributed by atoms with Crippen LogP contribution in [0.15, 0.2) is 42.6 Å². The molecule has 1 aromatic carbocycles. The average Bonchev–Trinajstić information content (AvgIpc) is 2.72. The Morgan fingerprint density at radius 1 is 1.07 bits per heavy atom. The van der Waals surface area contributed by atoms with Crippen LogP contribution >= 0.6 is 0 Å². The van der Waals surface area contributed by atoms with Crippen LogP contribution in [0, 0.1) is 5.82 Å². The van der Waals surface area contributed by atoms with E-state index in [1.807, 2.05) is 0 Å². The lowest BCUT2D eigenvalue weighted by Crippen LogP contribution is -2.53. The Balaban J connectivity index is 2.21. The van der Waals surface area contributed by atoms with Crippen molar-refractivity contribution in [3.63, 3.8) is 0 Å². The molecule has 30 heavy (non-hydrogen) atoms. The van der Waals surface area contributed by atoms with Crippen molar-refractivity contribution in [3.8, 4) is 5.88 Å². The third-order valence-corrected chi connectivity index (χ3v) is 4.29. The summed E-state index contributed by atoms with van der Waals surface area (Å²) >= 11 is 0. The standard InChI is InChI=1S/C21H24FN3O5/c1-13(26)24-17(11-14-6-4-8-16(22)10-14)19(27)25-18(21(28)30-3)12-15-7-5-9-23-20(15)29-2/h4-10,17-18H,11-12H2,1-3H3,(H,24,26)(H,25,27)/t17-,18-/m1/s1. The van der Waals surface area contributed by atoms with Crippen LogP contribution in [0.4, 0.5) is 4.39 Å². The van der Waals surface area contributed by atoms with Gasteiger partial charge in [0.25, 0.3) is 0 Å². The Bertz CT molecular complexity index is 906. The lowest BCUT2D eigenvalue weighted by Gasteiger charge is -2.22. The van der Waals surface area contributed by atoms with Crippen LogP contribution in [-0.2, 0) is 32.0 Å². The van der Waals surface area contributed by atoms with E-state index in [0.29, 0.717) is 17.0 Å². The minimum atomic E-state index is -1.04. The van der Waals surface area contributed by atoms with Crippen molar-refractivity contribution in [2.45, 2.75) is 31.8 Å². The number of methoxy groups -OCH3 is 2. The monoisotopic (exact) mass is 417 g/mol. The summed E-state index contributed by atoms with van der Waals surface area (Å²) in [5.41, 5.74) is 1.12. The van der Waals surface area contributed by atoms with Gasteiger partial charge in [0.15, 0.2) is 0 Å². The van der Waals surface area contributed by atoms with E-state index in [-0.39, 0.29) is 12.8 Å². The van der Waals surface area contributed by atoms with E-state index < -0.39 is 35.7 Å². The van der Waals surface area contributed by atoms with Gasteiger partial charge < -0.3 is 20.1 Å². The van der Waals surface area contributed by atoms with Crippen LogP contribution < -0.4 is 15.4 Å². The predicted molar refractivity (Wildman–Crippen MR) is 106 cm³/mol. The maximum Gasteiger partial charge on any atom is 0.328 e. The Hall–Kier alpha value is -3.49. The Labute approximate surface area is 173 Å². The van der Waals surface area contributed by atoms with Crippen molar-refractivity contribution in [1.82, 2.24) is 15.6 Å². The molecule has 0 aliphatic carbocycles. The largest absolute Gasteiger partial charge is 0.481 e. The summed E-state index contributed by atoms with van der Waals surface area (Å²) in [5.74, 6) is -1.84. The number of rotatable bonds is 9. The van der Waals surface area contributed by atoms with Crippen LogP contribution in [0.3, 0.4) is 0 Å². The number of nitrogens with zero attached hydrogens (tertiary/aromatic N) is 1. The summed E-state index contributed by atoms with van der Waals surface area (Å²) in [4.78, 5) is 40.8. The van der Waals surface area contributed by atoms with Gasteiger partial charge in [0.1, 0.15) is 17.9 Å². The molecule has 2 N–H and O–H groups in total. The zero-order valence-corrected chi connectivity index (χ0v) is 17.0. The highest BCUT2D eigenvalue weighted by atomic mass is 19.1. The number of amides is 2. The third-order valence-electron chi connectivity index (χ3n) is 4.29. The first-order valence-corrected chi connectivity index (χ1v) is 9.21. The van der Waals surface area contributed by atoms with Gasteiger partial charge in [-0.05, 0) is 23.8 Å². The number of halogens is 1. The fourth-order valence-electron chi connectivity index (χ4n) is 2.95. The zero-order chi connectivity index (χ0) is 22.1. The summed E-state index contributed by atoms with van der Waals surface area (Å²) in [5, 5.41) is 5.14. The Morgan fingerprint density at radius 3 is 2.47 bits per heavy atom. The first-order chi connectivity index (χ1) is 14.3. The topological polar surface area (TPSA) is 107 Å². The molecule has 0 fully saturated rings. The van der Waals surface area contributed by atoms with Gasteiger partial charge in [0.2, 0.25) is 17.7 Å². The molecule has 0 unspecified atom stereocenters. The van der Waals surface area contributed by atoms with Gasteiger partial charge >= 0.3 is 5.97 Å². The van der Waals surface area contributed by atoms with Crippen molar-refractivity contribution in [1.29, 1.82) is 0 Å². The molecule has 2 rings (SSSR count). The Kier molecular flexibility index (Phi) is 8.28. The van der Waals surface area contributed by atoms with Gasteiger partial charge in [0.05, 0.1) is 14.2 Å². The van der Waals surface area contributed by atoms with E-state index in [9.17, 15) is 18.8 Å². The highest BCUT2D eigenvalue weighted by molar-refractivity contribution is 5.90. The first kappa shape index (κ1) is 22.8. The lowest BCUT2D eigenvalue weighted by molar-refractivity contribution is -0.145. The second kappa shape index (κ2) is 10.9. The van der Waals surface area contributed by atoms with E-state index in [1.54, 1.807) is 24.4 Å². The molecule has 1 aromatic heterocycles. The highest BCUT2D eigenvalue weighted by Gasteiger charge is 2.28. The van der Waals surface area contributed by atoms with E-state index in [1.165, 1.54) is 39.3 Å². The smallest absolute Gasteiger partial charge is 0.328 e. The van der Waals surface area contributed by atoms with Crippen LogP contribution in [0.2, 0.25) is 0 Å². The number of hydrogen-bond acceptors (Lipinski definition) is 6. The number of pyridine rings is 1. The molecule has 0 aliphatic rings. The van der Waals surface area contributed by atoms with Crippen molar-refractivity contribution in [3.05, 3.63) is 59.5 Å². The average molecular weight is 417 g/mol. The molecule has 2 atom stereocenters. The molecule has 0 saturated carbocycles. The molecule has 2 amide bonds. The van der Waals surface area contributed by atoms with Crippen molar-refractivity contribution in [2.24, 2.45) is 0 Å². The van der Waals surface area contributed by atoms with Gasteiger partial charge in [-0.1, -0.05) is 18.2 Å². The molecule has 0 saturated heterocycles. The normalized spacial score (nSPS) is 12.4. The Morgan fingerprint density at radius 2 is 1.83 bits per heavy atom. The first-order valence-electron chi connectivity index (χ1n) is 9.21. The maximum absolute atomic E-state index is 13.5. The van der Waals surface area contributed by atoms with Crippen LogP contribution in [0.1, 0.15) is 18.1 Å². The molecule has 8 nitrogen and oxygen atoms in total. The molecule has 160 valence electrons. The van der Waals surface area contributed by atoms with Gasteiger partial charge in [-0.3, -0.25) is 9.59 Å². The molecule has 0 spiro atoms. The predicted octanol–water partition coefficient (Wildman–Crippen LogP) is 1.18. The summed E-state index contributed by atoms with van der Waals surface area (Å²) in [7, 11) is 2.66. The number of esters is 1.